The standard InChI is InChI=1S/C14H19BrFNO3S/c1-9-3-4-17(7-10(9)2)21(19,20)13-6-12(15)5-11(8-18)14(13)16/h5-6,9-10,18H,3-4,7-8H2,1-2H3. The lowest BCUT2D eigenvalue weighted by molar-refractivity contribution is 0.212. The summed E-state index contributed by atoms with van der Waals surface area (Å²) in [6, 6.07) is 2.64. The van der Waals surface area contributed by atoms with Gasteiger partial charge in [0.15, 0.2) is 0 Å². The van der Waals surface area contributed by atoms with Gasteiger partial charge in [-0.15, -0.1) is 0 Å². The Labute approximate surface area is 133 Å². The van der Waals surface area contributed by atoms with Gasteiger partial charge in [-0.1, -0.05) is 29.8 Å². The molecule has 1 N–H and O–H groups in total. The van der Waals surface area contributed by atoms with Crippen LogP contribution < -0.4 is 0 Å². The van der Waals surface area contributed by atoms with Crippen molar-refractivity contribution in [1.82, 2.24) is 4.31 Å². The van der Waals surface area contributed by atoms with E-state index >= 15 is 0 Å². The molecular formula is C14H19BrFNO3S. The second-order valence-electron chi connectivity index (χ2n) is 5.64. The van der Waals surface area contributed by atoms with Gasteiger partial charge in [0.05, 0.1) is 6.61 Å². The fraction of sp³-hybridized carbons (Fsp3) is 0.571. The lowest BCUT2D eigenvalue weighted by Crippen LogP contribution is -2.42. The van der Waals surface area contributed by atoms with Crippen LogP contribution in [0.25, 0.3) is 0 Å². The summed E-state index contributed by atoms with van der Waals surface area (Å²) in [5, 5.41) is 9.15. The van der Waals surface area contributed by atoms with Gasteiger partial charge in [-0.05, 0) is 30.4 Å². The van der Waals surface area contributed by atoms with Gasteiger partial charge in [0.25, 0.3) is 0 Å². The maximum absolute atomic E-state index is 14.3. The van der Waals surface area contributed by atoms with Crippen molar-refractivity contribution in [2.24, 2.45) is 11.8 Å². The summed E-state index contributed by atoms with van der Waals surface area (Å²) >= 11 is 3.17. The molecule has 1 aliphatic rings. The molecule has 2 rings (SSSR count). The smallest absolute Gasteiger partial charge is 0.246 e. The molecule has 0 aromatic heterocycles. The van der Waals surface area contributed by atoms with Crippen LogP contribution >= 0.6 is 15.9 Å². The molecule has 2 atom stereocenters. The van der Waals surface area contributed by atoms with Gasteiger partial charge in [0, 0.05) is 23.1 Å². The Bertz CT molecular complexity index is 635. The van der Waals surface area contributed by atoms with E-state index in [-0.39, 0.29) is 16.4 Å². The lowest BCUT2D eigenvalue weighted by atomic mass is 9.90. The zero-order valence-electron chi connectivity index (χ0n) is 12.0. The number of sulfonamides is 1. The van der Waals surface area contributed by atoms with Crippen LogP contribution in [0.1, 0.15) is 25.8 Å². The van der Waals surface area contributed by atoms with E-state index in [1.165, 1.54) is 16.4 Å². The number of nitrogens with zero attached hydrogens (tertiary/aromatic N) is 1. The predicted octanol–water partition coefficient (Wildman–Crippen LogP) is 2.75. The lowest BCUT2D eigenvalue weighted by Gasteiger charge is -2.34. The minimum absolute atomic E-state index is 0.0265. The summed E-state index contributed by atoms with van der Waals surface area (Å²) in [5.74, 6) is -0.176. The Morgan fingerprint density at radius 2 is 2.05 bits per heavy atom. The second kappa shape index (κ2) is 6.32. The molecule has 4 nitrogen and oxygen atoms in total. The number of halogens is 2. The van der Waals surface area contributed by atoms with E-state index in [4.69, 9.17) is 5.11 Å². The van der Waals surface area contributed by atoms with Crippen LogP contribution in [0.2, 0.25) is 0 Å². The maximum Gasteiger partial charge on any atom is 0.246 e. The highest BCUT2D eigenvalue weighted by molar-refractivity contribution is 9.10. The number of piperidine rings is 1. The van der Waals surface area contributed by atoms with Crippen LogP contribution in [0.5, 0.6) is 0 Å². The first-order valence-corrected chi connectivity index (χ1v) is 9.09. The highest BCUT2D eigenvalue weighted by Crippen LogP contribution is 2.31. The highest BCUT2D eigenvalue weighted by atomic mass is 79.9. The van der Waals surface area contributed by atoms with Gasteiger partial charge < -0.3 is 5.11 Å². The molecule has 0 spiro atoms. The van der Waals surface area contributed by atoms with E-state index in [1.807, 2.05) is 6.92 Å². The van der Waals surface area contributed by atoms with Crippen molar-refractivity contribution in [3.63, 3.8) is 0 Å². The van der Waals surface area contributed by atoms with Crippen LogP contribution in [0.4, 0.5) is 4.39 Å². The third-order valence-corrected chi connectivity index (χ3v) is 6.49. The Hall–Kier alpha value is -0.500. The Morgan fingerprint density at radius 1 is 1.38 bits per heavy atom. The van der Waals surface area contributed by atoms with E-state index in [2.05, 4.69) is 22.9 Å². The molecule has 0 bridgehead atoms. The normalized spacial score (nSPS) is 24.2. The molecule has 1 saturated heterocycles. The number of hydrogen-bond acceptors (Lipinski definition) is 3. The third-order valence-electron chi connectivity index (χ3n) is 4.16. The molecule has 1 aromatic rings. The van der Waals surface area contributed by atoms with Gasteiger partial charge in [-0.25, -0.2) is 12.8 Å². The molecule has 0 saturated carbocycles. The Kier molecular flexibility index (Phi) is 5.07. The first kappa shape index (κ1) is 16.9. The van der Waals surface area contributed by atoms with Crippen LogP contribution in [0.3, 0.4) is 0 Å². The average molecular weight is 380 g/mol. The number of hydrogen-bond donors (Lipinski definition) is 1. The molecule has 118 valence electrons. The van der Waals surface area contributed by atoms with Gasteiger partial charge in [0.2, 0.25) is 10.0 Å². The fourth-order valence-corrected chi connectivity index (χ4v) is 4.85. The SMILES string of the molecule is CC1CCN(S(=O)(=O)c2cc(Br)cc(CO)c2F)CC1C. The Balaban J connectivity index is 2.43. The molecule has 21 heavy (non-hydrogen) atoms. The average Bonchev–Trinajstić information content (AvgIpc) is 2.43. The van der Waals surface area contributed by atoms with Crippen LogP contribution in [0, 0.1) is 17.7 Å². The minimum atomic E-state index is -3.89. The fourth-order valence-electron chi connectivity index (χ4n) is 2.50. The molecule has 0 aliphatic carbocycles. The topological polar surface area (TPSA) is 57.6 Å². The van der Waals surface area contributed by atoms with Crippen LogP contribution in [-0.4, -0.2) is 30.9 Å². The van der Waals surface area contributed by atoms with E-state index in [1.54, 1.807) is 0 Å². The predicted molar refractivity (Wildman–Crippen MR) is 81.7 cm³/mol. The number of aliphatic hydroxyl groups is 1. The summed E-state index contributed by atoms with van der Waals surface area (Å²) in [4.78, 5) is -0.373. The molecule has 0 amide bonds. The molecule has 1 fully saturated rings. The van der Waals surface area contributed by atoms with Crippen molar-refractivity contribution in [1.29, 1.82) is 0 Å². The molecule has 0 radical (unpaired) electrons. The van der Waals surface area contributed by atoms with Crippen molar-refractivity contribution >= 4 is 26.0 Å². The maximum atomic E-state index is 14.3. The van der Waals surface area contributed by atoms with Gasteiger partial charge in [-0.3, -0.25) is 0 Å². The number of aliphatic hydroxyl groups excluding tert-OH is 1. The molecule has 1 aliphatic heterocycles. The summed E-state index contributed by atoms with van der Waals surface area (Å²) in [7, 11) is -3.89. The minimum Gasteiger partial charge on any atom is -0.392 e. The number of rotatable bonds is 3. The van der Waals surface area contributed by atoms with Gasteiger partial charge >= 0.3 is 0 Å². The van der Waals surface area contributed by atoms with E-state index in [0.717, 1.165) is 6.42 Å². The molecule has 1 heterocycles. The molecule has 1 aromatic carbocycles. The first-order chi connectivity index (χ1) is 9.77. The van der Waals surface area contributed by atoms with E-state index in [9.17, 15) is 12.8 Å². The largest absolute Gasteiger partial charge is 0.392 e. The Morgan fingerprint density at radius 3 is 2.62 bits per heavy atom. The van der Waals surface area contributed by atoms with Crippen molar-refractivity contribution in [2.45, 2.75) is 31.8 Å². The van der Waals surface area contributed by atoms with Crippen molar-refractivity contribution in [3.05, 3.63) is 28.0 Å². The number of benzene rings is 1. The van der Waals surface area contributed by atoms with Crippen LogP contribution in [0.15, 0.2) is 21.5 Å². The van der Waals surface area contributed by atoms with Crippen molar-refractivity contribution in [3.8, 4) is 0 Å². The summed E-state index contributed by atoms with van der Waals surface area (Å²) in [6.45, 7) is 4.35. The summed E-state index contributed by atoms with van der Waals surface area (Å²) in [6.07, 6.45) is 0.767. The molecular weight excluding hydrogens is 361 g/mol. The highest BCUT2D eigenvalue weighted by Gasteiger charge is 2.34. The van der Waals surface area contributed by atoms with E-state index < -0.39 is 22.4 Å². The monoisotopic (exact) mass is 379 g/mol. The second-order valence-corrected chi connectivity index (χ2v) is 8.46. The van der Waals surface area contributed by atoms with Crippen LogP contribution in [-0.2, 0) is 16.6 Å². The quantitative estimate of drug-likeness (QED) is 0.878. The third kappa shape index (κ3) is 3.31. The van der Waals surface area contributed by atoms with Gasteiger partial charge in [0.1, 0.15) is 10.7 Å². The molecule has 7 heteroatoms. The molecule has 2 unspecified atom stereocenters. The first-order valence-electron chi connectivity index (χ1n) is 6.86. The zero-order chi connectivity index (χ0) is 15.8. The van der Waals surface area contributed by atoms with Crippen molar-refractivity contribution < 1.29 is 17.9 Å². The van der Waals surface area contributed by atoms with E-state index in [0.29, 0.717) is 23.5 Å². The summed E-state index contributed by atoms with van der Waals surface area (Å²) in [5.41, 5.74) is -0.0265. The summed E-state index contributed by atoms with van der Waals surface area (Å²) < 4.78 is 41.4. The van der Waals surface area contributed by atoms with Gasteiger partial charge in [-0.2, -0.15) is 4.31 Å². The van der Waals surface area contributed by atoms with Crippen molar-refractivity contribution in [2.75, 3.05) is 13.1 Å². The zero-order valence-corrected chi connectivity index (χ0v) is 14.4.